The molecule has 0 fully saturated rings. The number of carbonyl (C=O) groups excluding carboxylic acids is 1. The minimum atomic E-state index is -3.62. The van der Waals surface area contributed by atoms with Gasteiger partial charge >= 0.3 is 0 Å². The first-order valence-electron chi connectivity index (χ1n) is 5.36. The SMILES string of the molecule is CC(=O)Nc1ccc(S(=O)(=O)NC[C@@H](C)O)cc1. The van der Waals surface area contributed by atoms with Crippen LogP contribution < -0.4 is 10.0 Å². The van der Waals surface area contributed by atoms with Crippen molar-refractivity contribution in [3.8, 4) is 0 Å². The van der Waals surface area contributed by atoms with Crippen molar-refractivity contribution >= 4 is 21.6 Å². The van der Waals surface area contributed by atoms with Gasteiger partial charge in [-0.3, -0.25) is 4.79 Å². The number of nitrogens with one attached hydrogen (secondary N) is 2. The molecule has 7 heteroatoms. The fourth-order valence-electron chi connectivity index (χ4n) is 1.23. The van der Waals surface area contributed by atoms with Crippen LogP contribution >= 0.6 is 0 Å². The topological polar surface area (TPSA) is 95.5 Å². The molecule has 3 N–H and O–H groups in total. The van der Waals surface area contributed by atoms with E-state index in [0.717, 1.165) is 0 Å². The van der Waals surface area contributed by atoms with Crippen molar-refractivity contribution in [2.75, 3.05) is 11.9 Å². The maximum absolute atomic E-state index is 11.8. The third-order valence-electron chi connectivity index (χ3n) is 2.05. The lowest BCUT2D eigenvalue weighted by Crippen LogP contribution is -2.30. The standard InChI is InChI=1S/C11H16N2O4S/c1-8(14)7-12-18(16,17)11-5-3-10(4-6-11)13-9(2)15/h3-6,8,12,14H,7H2,1-2H3,(H,13,15)/t8-/m1/s1. The van der Waals surface area contributed by atoms with Gasteiger partial charge in [-0.25, -0.2) is 13.1 Å². The molecular formula is C11H16N2O4S. The van der Waals surface area contributed by atoms with Crippen LogP contribution in [0, 0.1) is 0 Å². The Kier molecular flexibility index (Phi) is 4.83. The average Bonchev–Trinajstić information content (AvgIpc) is 2.26. The van der Waals surface area contributed by atoms with Crippen LogP contribution in [0.2, 0.25) is 0 Å². The van der Waals surface area contributed by atoms with Crippen LogP contribution in [0.15, 0.2) is 29.2 Å². The number of anilines is 1. The fraction of sp³-hybridized carbons (Fsp3) is 0.364. The molecule has 0 saturated carbocycles. The Morgan fingerprint density at radius 2 is 1.89 bits per heavy atom. The molecule has 0 bridgehead atoms. The molecule has 100 valence electrons. The van der Waals surface area contributed by atoms with Crippen molar-refractivity contribution in [1.29, 1.82) is 0 Å². The van der Waals surface area contributed by atoms with E-state index in [4.69, 9.17) is 5.11 Å². The summed E-state index contributed by atoms with van der Waals surface area (Å²) < 4.78 is 25.8. The lowest BCUT2D eigenvalue weighted by Gasteiger charge is -2.09. The minimum Gasteiger partial charge on any atom is -0.392 e. The van der Waals surface area contributed by atoms with Gasteiger partial charge in [0.05, 0.1) is 11.0 Å². The third kappa shape index (κ3) is 4.44. The monoisotopic (exact) mass is 272 g/mol. The second kappa shape index (κ2) is 5.94. The number of benzene rings is 1. The predicted octanol–water partition coefficient (Wildman–Crippen LogP) is 0.304. The van der Waals surface area contributed by atoms with Crippen molar-refractivity contribution < 1.29 is 18.3 Å². The number of hydrogen-bond donors (Lipinski definition) is 3. The van der Waals surface area contributed by atoms with E-state index in [1.54, 1.807) is 0 Å². The number of aliphatic hydroxyl groups is 1. The molecule has 0 heterocycles. The molecule has 0 unspecified atom stereocenters. The summed E-state index contributed by atoms with van der Waals surface area (Å²) in [6, 6.07) is 5.77. The van der Waals surface area contributed by atoms with E-state index in [2.05, 4.69) is 10.0 Å². The van der Waals surface area contributed by atoms with Crippen LogP contribution in [0.4, 0.5) is 5.69 Å². The van der Waals surface area contributed by atoms with Gasteiger partial charge in [-0.05, 0) is 31.2 Å². The lowest BCUT2D eigenvalue weighted by molar-refractivity contribution is -0.114. The van der Waals surface area contributed by atoms with Gasteiger partial charge in [0.25, 0.3) is 0 Å². The van der Waals surface area contributed by atoms with E-state index in [0.29, 0.717) is 5.69 Å². The van der Waals surface area contributed by atoms with Gasteiger partial charge in [-0.1, -0.05) is 0 Å². The van der Waals surface area contributed by atoms with Crippen molar-refractivity contribution in [3.05, 3.63) is 24.3 Å². The number of hydrogen-bond acceptors (Lipinski definition) is 4. The average molecular weight is 272 g/mol. The molecule has 0 saturated heterocycles. The van der Waals surface area contributed by atoms with Crippen LogP contribution in [0.3, 0.4) is 0 Å². The highest BCUT2D eigenvalue weighted by molar-refractivity contribution is 7.89. The Labute approximate surface area is 106 Å². The summed E-state index contributed by atoms with van der Waals surface area (Å²) in [5, 5.41) is 11.6. The molecular weight excluding hydrogens is 256 g/mol. The van der Waals surface area contributed by atoms with E-state index in [9.17, 15) is 13.2 Å². The van der Waals surface area contributed by atoms with Gasteiger partial charge in [0.15, 0.2) is 0 Å². The lowest BCUT2D eigenvalue weighted by atomic mass is 10.3. The van der Waals surface area contributed by atoms with E-state index in [1.807, 2.05) is 0 Å². The zero-order valence-electron chi connectivity index (χ0n) is 10.2. The fourth-order valence-corrected chi connectivity index (χ4v) is 2.36. The Hall–Kier alpha value is -1.44. The van der Waals surface area contributed by atoms with Gasteiger partial charge < -0.3 is 10.4 Å². The van der Waals surface area contributed by atoms with E-state index in [-0.39, 0.29) is 17.3 Å². The van der Waals surface area contributed by atoms with Crippen molar-refractivity contribution in [2.45, 2.75) is 24.8 Å². The predicted molar refractivity (Wildman–Crippen MR) is 67.6 cm³/mol. The maximum Gasteiger partial charge on any atom is 0.240 e. The summed E-state index contributed by atoms with van der Waals surface area (Å²) in [7, 11) is -3.62. The van der Waals surface area contributed by atoms with Crippen LogP contribution in [0.25, 0.3) is 0 Å². The zero-order valence-corrected chi connectivity index (χ0v) is 11.0. The molecule has 1 atom stereocenters. The number of aliphatic hydroxyl groups excluding tert-OH is 1. The van der Waals surface area contributed by atoms with E-state index >= 15 is 0 Å². The Bertz CT molecular complexity index is 508. The Morgan fingerprint density at radius 1 is 1.33 bits per heavy atom. The first kappa shape index (κ1) is 14.6. The molecule has 0 aliphatic rings. The first-order chi connectivity index (χ1) is 8.31. The highest BCUT2D eigenvalue weighted by Gasteiger charge is 2.14. The maximum atomic E-state index is 11.8. The first-order valence-corrected chi connectivity index (χ1v) is 6.85. The second-order valence-electron chi connectivity index (χ2n) is 3.91. The third-order valence-corrected chi connectivity index (χ3v) is 3.49. The second-order valence-corrected chi connectivity index (χ2v) is 5.67. The Balaban J connectivity index is 2.81. The van der Waals surface area contributed by atoms with Gasteiger partial charge in [-0.2, -0.15) is 0 Å². The quantitative estimate of drug-likeness (QED) is 0.718. The smallest absolute Gasteiger partial charge is 0.240 e. The van der Waals surface area contributed by atoms with Crippen LogP contribution in [-0.2, 0) is 14.8 Å². The molecule has 1 rings (SSSR count). The molecule has 0 spiro atoms. The highest BCUT2D eigenvalue weighted by atomic mass is 32.2. The van der Waals surface area contributed by atoms with Crippen molar-refractivity contribution in [1.82, 2.24) is 4.72 Å². The van der Waals surface area contributed by atoms with Crippen molar-refractivity contribution in [2.24, 2.45) is 0 Å². The molecule has 6 nitrogen and oxygen atoms in total. The van der Waals surface area contributed by atoms with Crippen LogP contribution in [0.1, 0.15) is 13.8 Å². The molecule has 0 aliphatic carbocycles. The molecule has 1 aromatic carbocycles. The molecule has 0 aliphatic heterocycles. The van der Waals surface area contributed by atoms with Crippen LogP contribution in [-0.4, -0.2) is 32.1 Å². The van der Waals surface area contributed by atoms with Gasteiger partial charge in [0.2, 0.25) is 15.9 Å². The number of sulfonamides is 1. The summed E-state index contributed by atoms with van der Waals surface area (Å²) in [5.74, 6) is -0.224. The molecule has 0 aromatic heterocycles. The molecule has 0 radical (unpaired) electrons. The Morgan fingerprint density at radius 3 is 2.33 bits per heavy atom. The van der Waals surface area contributed by atoms with Gasteiger partial charge in [0, 0.05) is 19.2 Å². The van der Waals surface area contributed by atoms with E-state index < -0.39 is 16.1 Å². The molecule has 1 amide bonds. The summed E-state index contributed by atoms with van der Waals surface area (Å²) in [4.78, 5) is 10.9. The number of carbonyl (C=O) groups is 1. The summed E-state index contributed by atoms with van der Waals surface area (Å²) in [5.41, 5.74) is 0.525. The normalized spacial score (nSPS) is 13.1. The minimum absolute atomic E-state index is 0.0459. The van der Waals surface area contributed by atoms with Gasteiger partial charge in [0.1, 0.15) is 0 Å². The highest BCUT2D eigenvalue weighted by Crippen LogP contribution is 2.13. The summed E-state index contributed by atoms with van der Waals surface area (Å²) in [6.45, 7) is 2.81. The van der Waals surface area contributed by atoms with Gasteiger partial charge in [-0.15, -0.1) is 0 Å². The number of amides is 1. The van der Waals surface area contributed by atoms with E-state index in [1.165, 1.54) is 38.1 Å². The largest absolute Gasteiger partial charge is 0.392 e. The summed E-state index contributed by atoms with van der Waals surface area (Å²) >= 11 is 0. The molecule has 18 heavy (non-hydrogen) atoms. The van der Waals surface area contributed by atoms with Crippen molar-refractivity contribution in [3.63, 3.8) is 0 Å². The number of rotatable bonds is 5. The summed E-state index contributed by atoms with van der Waals surface area (Å²) in [6.07, 6.45) is -0.751. The molecule has 1 aromatic rings. The van der Waals surface area contributed by atoms with Crippen LogP contribution in [0.5, 0.6) is 0 Å². The zero-order chi connectivity index (χ0) is 13.8.